The molecule has 0 spiro atoms. The van der Waals surface area contributed by atoms with Gasteiger partial charge in [0.15, 0.2) is 0 Å². The van der Waals surface area contributed by atoms with Gasteiger partial charge in [0.05, 0.1) is 6.10 Å². The first kappa shape index (κ1) is 15.4. The predicted molar refractivity (Wildman–Crippen MR) is 79.0 cm³/mol. The Kier molecular flexibility index (Phi) is 5.16. The van der Waals surface area contributed by atoms with E-state index >= 15 is 0 Å². The summed E-state index contributed by atoms with van der Waals surface area (Å²) in [6.07, 6.45) is 3.55. The lowest BCUT2D eigenvalue weighted by Crippen LogP contribution is -2.38. The molecule has 2 atom stereocenters. The van der Waals surface area contributed by atoms with Gasteiger partial charge in [-0.2, -0.15) is 0 Å². The van der Waals surface area contributed by atoms with Crippen molar-refractivity contribution >= 4 is 21.8 Å². The van der Waals surface area contributed by atoms with Gasteiger partial charge in [-0.1, -0.05) is 28.8 Å². The summed E-state index contributed by atoms with van der Waals surface area (Å²) in [5, 5.41) is 9.95. The van der Waals surface area contributed by atoms with Crippen LogP contribution in [0.4, 0.5) is 4.39 Å². The molecule has 0 bridgehead atoms. The monoisotopic (exact) mass is 343 g/mol. The van der Waals surface area contributed by atoms with Gasteiger partial charge in [-0.25, -0.2) is 4.39 Å². The van der Waals surface area contributed by atoms with E-state index in [1.54, 1.807) is 18.0 Å². The van der Waals surface area contributed by atoms with Gasteiger partial charge >= 0.3 is 0 Å². The van der Waals surface area contributed by atoms with E-state index in [2.05, 4.69) is 15.9 Å². The second kappa shape index (κ2) is 6.68. The summed E-state index contributed by atoms with van der Waals surface area (Å²) in [6.45, 7) is 0.508. The van der Waals surface area contributed by atoms with Crippen molar-refractivity contribution < 1.29 is 14.3 Å². The molecule has 1 aromatic rings. The summed E-state index contributed by atoms with van der Waals surface area (Å²) in [5.74, 6) is -0.536. The van der Waals surface area contributed by atoms with Crippen LogP contribution in [-0.4, -0.2) is 35.6 Å². The molecule has 0 radical (unpaired) electrons. The quantitative estimate of drug-likeness (QED) is 0.915. The number of aliphatic hydroxyl groups is 1. The van der Waals surface area contributed by atoms with Crippen molar-refractivity contribution in [3.05, 3.63) is 34.1 Å². The van der Waals surface area contributed by atoms with Gasteiger partial charge in [-0.3, -0.25) is 4.79 Å². The lowest BCUT2D eigenvalue weighted by atomic mass is 9.86. The zero-order valence-corrected chi connectivity index (χ0v) is 13.1. The molecule has 0 aromatic heterocycles. The van der Waals surface area contributed by atoms with Crippen molar-refractivity contribution in [1.82, 2.24) is 4.90 Å². The first-order chi connectivity index (χ1) is 9.47. The fourth-order valence-corrected chi connectivity index (χ4v) is 3.20. The van der Waals surface area contributed by atoms with Crippen LogP contribution in [0.1, 0.15) is 36.0 Å². The second-order valence-electron chi connectivity index (χ2n) is 5.46. The Balaban J connectivity index is 2.04. The van der Waals surface area contributed by atoms with Gasteiger partial charge in [0.1, 0.15) is 5.82 Å². The molecule has 1 amide bonds. The van der Waals surface area contributed by atoms with Gasteiger partial charge in [-0.05, 0) is 31.0 Å². The van der Waals surface area contributed by atoms with Gasteiger partial charge in [0, 0.05) is 29.5 Å². The van der Waals surface area contributed by atoms with Crippen molar-refractivity contribution in [2.75, 3.05) is 13.6 Å². The van der Waals surface area contributed by atoms with Crippen molar-refractivity contribution in [2.45, 2.75) is 31.8 Å². The van der Waals surface area contributed by atoms with E-state index in [1.165, 1.54) is 12.1 Å². The Bertz CT molecular complexity index is 475. The molecular formula is C15H19BrFNO2. The summed E-state index contributed by atoms with van der Waals surface area (Å²) in [5.41, 5.74) is 0.324. The molecule has 5 heteroatoms. The minimum absolute atomic E-state index is 0.120. The van der Waals surface area contributed by atoms with Gasteiger partial charge in [0.25, 0.3) is 5.91 Å². The topological polar surface area (TPSA) is 40.5 Å². The molecule has 1 aliphatic carbocycles. The number of halogens is 2. The van der Waals surface area contributed by atoms with Gasteiger partial charge < -0.3 is 10.0 Å². The number of nitrogens with zero attached hydrogens (tertiary/aromatic N) is 1. The largest absolute Gasteiger partial charge is 0.393 e. The van der Waals surface area contributed by atoms with Crippen LogP contribution in [0, 0.1) is 11.7 Å². The third kappa shape index (κ3) is 3.79. The SMILES string of the molecule is CN(CC1CCCCC1O)C(=O)c1cc(F)cc(Br)c1. The minimum atomic E-state index is -0.436. The van der Waals surface area contributed by atoms with Crippen LogP contribution < -0.4 is 0 Å². The van der Waals surface area contributed by atoms with Crippen LogP contribution in [0.3, 0.4) is 0 Å². The highest BCUT2D eigenvalue weighted by molar-refractivity contribution is 9.10. The summed E-state index contributed by atoms with van der Waals surface area (Å²) in [7, 11) is 1.70. The first-order valence-electron chi connectivity index (χ1n) is 6.87. The fraction of sp³-hybridized carbons (Fsp3) is 0.533. The molecule has 1 N–H and O–H groups in total. The van der Waals surface area contributed by atoms with Crippen molar-refractivity contribution in [3.8, 4) is 0 Å². The zero-order chi connectivity index (χ0) is 14.7. The molecular weight excluding hydrogens is 325 g/mol. The minimum Gasteiger partial charge on any atom is -0.393 e. The normalized spacial score (nSPS) is 22.6. The van der Waals surface area contributed by atoms with E-state index in [9.17, 15) is 14.3 Å². The van der Waals surface area contributed by atoms with Crippen LogP contribution >= 0.6 is 15.9 Å². The molecule has 1 aromatic carbocycles. The number of carbonyl (C=O) groups excluding carboxylic acids is 1. The molecule has 2 unspecified atom stereocenters. The van der Waals surface area contributed by atoms with Crippen LogP contribution in [0.15, 0.2) is 22.7 Å². The average Bonchev–Trinajstić information content (AvgIpc) is 2.39. The summed E-state index contributed by atoms with van der Waals surface area (Å²) in [6, 6.07) is 4.17. The molecule has 0 aliphatic heterocycles. The molecule has 110 valence electrons. The highest BCUT2D eigenvalue weighted by Gasteiger charge is 2.26. The van der Waals surface area contributed by atoms with Crippen LogP contribution in [0.2, 0.25) is 0 Å². The van der Waals surface area contributed by atoms with E-state index in [1.807, 2.05) is 0 Å². The predicted octanol–water partition coefficient (Wildman–Crippen LogP) is 3.21. The summed E-state index contributed by atoms with van der Waals surface area (Å²) >= 11 is 3.19. The van der Waals surface area contributed by atoms with Crippen molar-refractivity contribution in [1.29, 1.82) is 0 Å². The first-order valence-corrected chi connectivity index (χ1v) is 7.66. The maximum Gasteiger partial charge on any atom is 0.253 e. The van der Waals surface area contributed by atoms with Crippen LogP contribution in [-0.2, 0) is 0 Å². The highest BCUT2D eigenvalue weighted by atomic mass is 79.9. The van der Waals surface area contributed by atoms with Crippen molar-refractivity contribution in [2.24, 2.45) is 5.92 Å². The maximum atomic E-state index is 13.3. The number of hydrogen-bond acceptors (Lipinski definition) is 2. The maximum absolute atomic E-state index is 13.3. The van der Waals surface area contributed by atoms with E-state index < -0.39 is 5.82 Å². The number of hydrogen-bond donors (Lipinski definition) is 1. The highest BCUT2D eigenvalue weighted by Crippen LogP contribution is 2.25. The number of aliphatic hydroxyl groups excluding tert-OH is 1. The Labute approximate surface area is 126 Å². The lowest BCUT2D eigenvalue weighted by molar-refractivity contribution is 0.0451. The summed E-state index contributed by atoms with van der Waals surface area (Å²) < 4.78 is 13.9. The Morgan fingerprint density at radius 1 is 1.40 bits per heavy atom. The fourth-order valence-electron chi connectivity index (χ4n) is 2.73. The Morgan fingerprint density at radius 3 is 2.75 bits per heavy atom. The summed E-state index contributed by atoms with van der Waals surface area (Å²) in [4.78, 5) is 13.9. The number of carbonyl (C=O) groups is 1. The molecule has 1 fully saturated rings. The number of benzene rings is 1. The van der Waals surface area contributed by atoms with Gasteiger partial charge in [-0.15, -0.1) is 0 Å². The molecule has 0 saturated heterocycles. The van der Waals surface area contributed by atoms with Crippen molar-refractivity contribution in [3.63, 3.8) is 0 Å². The van der Waals surface area contributed by atoms with Gasteiger partial charge in [0.2, 0.25) is 0 Å². The smallest absolute Gasteiger partial charge is 0.253 e. The van der Waals surface area contributed by atoms with E-state index in [0.29, 0.717) is 16.6 Å². The average molecular weight is 344 g/mol. The zero-order valence-electron chi connectivity index (χ0n) is 11.5. The Morgan fingerprint density at radius 2 is 2.10 bits per heavy atom. The molecule has 3 nitrogen and oxygen atoms in total. The van der Waals surface area contributed by atoms with E-state index in [4.69, 9.17) is 0 Å². The molecule has 2 rings (SSSR count). The standard InChI is InChI=1S/C15H19BrFNO2/c1-18(9-10-4-2-3-5-14(10)19)15(20)11-6-12(16)8-13(17)7-11/h6-8,10,14,19H,2-5,9H2,1H3. The van der Waals surface area contributed by atoms with Crippen LogP contribution in [0.25, 0.3) is 0 Å². The Hall–Kier alpha value is -0.940. The van der Waals surface area contributed by atoms with E-state index in [-0.39, 0.29) is 17.9 Å². The lowest BCUT2D eigenvalue weighted by Gasteiger charge is -2.31. The van der Waals surface area contributed by atoms with Crippen LogP contribution in [0.5, 0.6) is 0 Å². The molecule has 1 aliphatic rings. The molecule has 20 heavy (non-hydrogen) atoms. The molecule has 0 heterocycles. The third-order valence-corrected chi connectivity index (χ3v) is 4.29. The second-order valence-corrected chi connectivity index (χ2v) is 6.37. The number of amides is 1. The third-order valence-electron chi connectivity index (χ3n) is 3.83. The number of rotatable bonds is 3. The molecule has 1 saturated carbocycles. The van der Waals surface area contributed by atoms with E-state index in [0.717, 1.165) is 25.7 Å².